The van der Waals surface area contributed by atoms with Crippen LogP contribution in [0.4, 0.5) is 5.95 Å². The monoisotopic (exact) mass is 352 g/mol. The molecule has 0 spiro atoms. The van der Waals surface area contributed by atoms with Gasteiger partial charge >= 0.3 is 0 Å². The molecule has 1 aliphatic rings. The molecule has 1 unspecified atom stereocenters. The van der Waals surface area contributed by atoms with Crippen LogP contribution in [0.25, 0.3) is 11.0 Å². The summed E-state index contributed by atoms with van der Waals surface area (Å²) < 4.78 is 1.89. The molecule has 1 aromatic heterocycles. The quantitative estimate of drug-likeness (QED) is 0.759. The number of nitrogens with zero attached hydrogens (tertiary/aromatic N) is 3. The van der Waals surface area contributed by atoms with Gasteiger partial charge < -0.3 is 10.8 Å². The number of rotatable bonds is 3. The first-order chi connectivity index (χ1) is 12.1. The van der Waals surface area contributed by atoms with Gasteiger partial charge in [-0.05, 0) is 29.7 Å². The average Bonchev–Trinajstić information content (AvgIpc) is 3.27. The van der Waals surface area contributed by atoms with Gasteiger partial charge in [0.15, 0.2) is 5.17 Å². The lowest BCUT2D eigenvalue weighted by atomic mass is 9.84. The van der Waals surface area contributed by atoms with Crippen LogP contribution in [0, 0.1) is 0 Å². The first-order valence-corrected chi connectivity index (χ1v) is 9.36. The molecule has 5 nitrogen and oxygen atoms in total. The first kappa shape index (κ1) is 16.2. The zero-order chi connectivity index (χ0) is 17.4. The van der Waals surface area contributed by atoms with Gasteiger partial charge in [0.1, 0.15) is 5.60 Å². The molecule has 0 bridgehead atoms. The van der Waals surface area contributed by atoms with Crippen LogP contribution < -0.4 is 5.73 Å². The van der Waals surface area contributed by atoms with Gasteiger partial charge in [0.2, 0.25) is 5.95 Å². The highest BCUT2D eigenvalue weighted by molar-refractivity contribution is 8.14. The van der Waals surface area contributed by atoms with Gasteiger partial charge in [0.25, 0.3) is 0 Å². The second-order valence-corrected chi connectivity index (χ2v) is 7.16. The van der Waals surface area contributed by atoms with Gasteiger partial charge in [-0.15, -0.1) is 0 Å². The minimum absolute atomic E-state index is 0.431. The third-order valence-electron chi connectivity index (χ3n) is 4.68. The number of benzene rings is 2. The second kappa shape index (κ2) is 6.20. The van der Waals surface area contributed by atoms with Gasteiger partial charge in [-0.3, -0.25) is 9.56 Å². The van der Waals surface area contributed by atoms with E-state index in [4.69, 9.17) is 5.73 Å². The largest absolute Gasteiger partial charge is 0.380 e. The van der Waals surface area contributed by atoms with E-state index in [9.17, 15) is 5.11 Å². The van der Waals surface area contributed by atoms with Gasteiger partial charge in [-0.1, -0.05) is 55.1 Å². The standard InChI is InChI=1S/C19H20N4OS/c1-2-19(24,13-6-4-3-5-7-13)14-8-9-15-16(12-14)23(17(20)22-15)18-21-10-11-25-18/h3-9,12,24H,2,10-11H2,1H3,(H2,20,22). The highest BCUT2D eigenvalue weighted by atomic mass is 32.2. The second-order valence-electron chi connectivity index (χ2n) is 6.10. The molecule has 4 rings (SSSR count). The van der Waals surface area contributed by atoms with Gasteiger partial charge in [0, 0.05) is 5.75 Å². The lowest BCUT2D eigenvalue weighted by Gasteiger charge is -2.28. The Labute approximate surface area is 150 Å². The summed E-state index contributed by atoms with van der Waals surface area (Å²) >= 11 is 1.68. The lowest BCUT2D eigenvalue weighted by Crippen LogP contribution is -2.26. The van der Waals surface area contributed by atoms with E-state index in [0.29, 0.717) is 12.4 Å². The van der Waals surface area contributed by atoms with Crippen LogP contribution in [-0.2, 0) is 5.60 Å². The van der Waals surface area contributed by atoms with Crippen molar-refractivity contribution in [2.24, 2.45) is 4.99 Å². The molecule has 1 aliphatic heterocycles. The maximum Gasteiger partial charge on any atom is 0.207 e. The Balaban J connectivity index is 1.90. The topological polar surface area (TPSA) is 76.4 Å². The van der Waals surface area contributed by atoms with Crippen LogP contribution in [0.1, 0.15) is 24.5 Å². The summed E-state index contributed by atoms with van der Waals surface area (Å²) in [6.07, 6.45) is 0.571. The molecule has 0 fully saturated rings. The molecule has 3 aromatic rings. The Kier molecular flexibility index (Phi) is 4.01. The van der Waals surface area contributed by atoms with E-state index in [1.165, 1.54) is 0 Å². The lowest BCUT2D eigenvalue weighted by molar-refractivity contribution is 0.0766. The van der Waals surface area contributed by atoms with Gasteiger partial charge in [0.05, 0.1) is 17.6 Å². The van der Waals surface area contributed by atoms with E-state index >= 15 is 0 Å². The number of nitrogen functional groups attached to an aromatic ring is 1. The van der Waals surface area contributed by atoms with Gasteiger partial charge in [-0.2, -0.15) is 0 Å². The minimum Gasteiger partial charge on any atom is -0.380 e. The van der Waals surface area contributed by atoms with Crippen LogP contribution >= 0.6 is 11.8 Å². The summed E-state index contributed by atoms with van der Waals surface area (Å²) in [5, 5.41) is 12.3. The van der Waals surface area contributed by atoms with Crippen molar-refractivity contribution >= 4 is 33.9 Å². The predicted molar refractivity (Wildman–Crippen MR) is 104 cm³/mol. The Morgan fingerprint density at radius 2 is 2.00 bits per heavy atom. The van der Waals surface area contributed by atoms with Crippen molar-refractivity contribution in [3.05, 3.63) is 59.7 Å². The molecule has 128 valence electrons. The molecule has 6 heteroatoms. The smallest absolute Gasteiger partial charge is 0.207 e. The first-order valence-electron chi connectivity index (χ1n) is 8.37. The number of thioether (sulfide) groups is 1. The molecule has 0 saturated heterocycles. The summed E-state index contributed by atoms with van der Waals surface area (Å²) in [4.78, 5) is 8.96. The highest BCUT2D eigenvalue weighted by Crippen LogP contribution is 2.35. The predicted octanol–water partition coefficient (Wildman–Crippen LogP) is 3.22. The van der Waals surface area contributed by atoms with E-state index in [-0.39, 0.29) is 0 Å². The Bertz CT molecular complexity index is 951. The number of hydrogen-bond acceptors (Lipinski definition) is 5. The van der Waals surface area contributed by atoms with Crippen LogP contribution in [0.3, 0.4) is 0 Å². The average molecular weight is 352 g/mol. The molecule has 0 amide bonds. The third kappa shape index (κ3) is 2.62. The van der Waals surface area contributed by atoms with E-state index in [1.807, 2.05) is 60.0 Å². The van der Waals surface area contributed by atoms with Crippen molar-refractivity contribution in [1.82, 2.24) is 9.55 Å². The number of aromatic nitrogens is 2. The van der Waals surface area contributed by atoms with Crippen molar-refractivity contribution in [3.8, 4) is 0 Å². The fraction of sp³-hybridized carbons (Fsp3) is 0.263. The Morgan fingerprint density at radius 3 is 2.68 bits per heavy atom. The molecular formula is C19H20N4OS. The molecule has 1 atom stereocenters. The molecule has 2 heterocycles. The number of imidazole rings is 1. The van der Waals surface area contributed by atoms with Crippen LogP contribution in [-0.4, -0.2) is 32.1 Å². The van der Waals surface area contributed by atoms with Crippen molar-refractivity contribution in [1.29, 1.82) is 0 Å². The number of hydrogen-bond donors (Lipinski definition) is 2. The molecule has 0 aliphatic carbocycles. The number of fused-ring (bicyclic) bond motifs is 1. The number of nitrogens with two attached hydrogens (primary N) is 1. The number of anilines is 1. The van der Waals surface area contributed by atoms with E-state index < -0.39 is 5.60 Å². The van der Waals surface area contributed by atoms with Crippen molar-refractivity contribution < 1.29 is 5.11 Å². The number of aliphatic hydroxyl groups is 1. The molecular weight excluding hydrogens is 332 g/mol. The molecule has 3 N–H and O–H groups in total. The summed E-state index contributed by atoms with van der Waals surface area (Å²) in [7, 11) is 0. The zero-order valence-electron chi connectivity index (χ0n) is 14.0. The fourth-order valence-electron chi connectivity index (χ4n) is 3.30. The van der Waals surface area contributed by atoms with Crippen molar-refractivity contribution in [3.63, 3.8) is 0 Å². The Morgan fingerprint density at radius 1 is 1.20 bits per heavy atom. The number of aliphatic imine (C=N–C) groups is 1. The molecule has 25 heavy (non-hydrogen) atoms. The SMILES string of the molecule is CCC(O)(c1ccccc1)c1ccc2nc(N)n(C3=NCCS3)c2c1. The van der Waals surface area contributed by atoms with Crippen molar-refractivity contribution in [2.45, 2.75) is 18.9 Å². The highest BCUT2D eigenvalue weighted by Gasteiger charge is 2.30. The normalized spacial score (nSPS) is 16.8. The van der Waals surface area contributed by atoms with Crippen LogP contribution in [0.15, 0.2) is 53.5 Å². The summed E-state index contributed by atoms with van der Waals surface area (Å²) in [6, 6.07) is 15.6. The van der Waals surface area contributed by atoms with E-state index in [1.54, 1.807) is 11.8 Å². The zero-order valence-corrected chi connectivity index (χ0v) is 14.8. The summed E-state index contributed by atoms with van der Waals surface area (Å²) in [5.74, 6) is 1.39. The van der Waals surface area contributed by atoms with Crippen molar-refractivity contribution in [2.75, 3.05) is 18.0 Å². The molecule has 0 radical (unpaired) electrons. The van der Waals surface area contributed by atoms with E-state index in [0.717, 1.165) is 39.6 Å². The van der Waals surface area contributed by atoms with E-state index in [2.05, 4.69) is 9.98 Å². The van der Waals surface area contributed by atoms with Crippen LogP contribution in [0.5, 0.6) is 0 Å². The molecule has 0 saturated carbocycles. The summed E-state index contributed by atoms with van der Waals surface area (Å²) in [5.41, 5.74) is 8.48. The van der Waals surface area contributed by atoms with Crippen LogP contribution in [0.2, 0.25) is 0 Å². The fourth-order valence-corrected chi connectivity index (χ4v) is 4.17. The molecule has 2 aromatic carbocycles. The summed E-state index contributed by atoms with van der Waals surface area (Å²) in [6.45, 7) is 2.78. The Hall–Kier alpha value is -2.31. The minimum atomic E-state index is -1.05. The van der Waals surface area contributed by atoms with Gasteiger partial charge in [-0.25, -0.2) is 4.98 Å². The third-order valence-corrected chi connectivity index (χ3v) is 5.64. The maximum absolute atomic E-state index is 11.4. The maximum atomic E-state index is 11.4.